The maximum absolute atomic E-state index is 13.0. The Kier molecular flexibility index (Phi) is 6.64. The molecule has 2 saturated heterocycles. The highest BCUT2D eigenvalue weighted by Gasteiger charge is 2.54. The van der Waals surface area contributed by atoms with Gasteiger partial charge in [0.05, 0.1) is 31.3 Å². The number of nitrogen functional groups attached to an aromatic ring is 1. The monoisotopic (exact) mass is 494 g/mol. The van der Waals surface area contributed by atoms with Crippen molar-refractivity contribution < 1.29 is 28.8 Å². The van der Waals surface area contributed by atoms with Crippen LogP contribution in [0.5, 0.6) is 0 Å². The van der Waals surface area contributed by atoms with Crippen LogP contribution in [0.25, 0.3) is 0 Å². The molecule has 4 rings (SSSR count). The summed E-state index contributed by atoms with van der Waals surface area (Å²) in [5.74, 6) is -2.04. The number of carbonyl (C=O) groups is 3. The largest absolute Gasteiger partial charge is 0.543 e. The van der Waals surface area contributed by atoms with E-state index < -0.39 is 29.2 Å². The lowest BCUT2D eigenvalue weighted by molar-refractivity contribution is -0.910. The number of quaternary nitrogens is 1. The van der Waals surface area contributed by atoms with Crippen molar-refractivity contribution in [1.29, 1.82) is 0 Å². The van der Waals surface area contributed by atoms with Gasteiger partial charge in [-0.25, -0.2) is 4.98 Å². The summed E-state index contributed by atoms with van der Waals surface area (Å²) in [6.07, 6.45) is 2.23. The minimum atomic E-state index is -1.36. The number of aliphatic carboxylic acids is 1. The lowest BCUT2D eigenvalue weighted by Crippen LogP contribution is -2.71. The number of oxime groups is 1. The SMILES string of the molecule is CC[N+]1(CC2=C(C(=O)[O-])N3C(=O)C(NC(=O)/C(=N\OC)c4csc(N)n4)[C@H]3SC2)CCCC1. The van der Waals surface area contributed by atoms with E-state index in [1.54, 1.807) is 5.38 Å². The van der Waals surface area contributed by atoms with E-state index in [1.165, 1.54) is 23.8 Å². The van der Waals surface area contributed by atoms with Crippen LogP contribution >= 0.6 is 23.1 Å². The highest BCUT2D eigenvalue weighted by molar-refractivity contribution is 8.00. The number of nitrogens with two attached hydrogens (primary N) is 1. The van der Waals surface area contributed by atoms with Crippen molar-refractivity contribution >= 4 is 51.7 Å². The van der Waals surface area contributed by atoms with Gasteiger partial charge in [-0.05, 0) is 6.92 Å². The molecule has 4 heterocycles. The number of thioether (sulfide) groups is 1. The van der Waals surface area contributed by atoms with Gasteiger partial charge in [0.2, 0.25) is 0 Å². The number of hydrogen-bond donors (Lipinski definition) is 2. The Bertz CT molecular complexity index is 1030. The minimum Gasteiger partial charge on any atom is -0.543 e. The van der Waals surface area contributed by atoms with Gasteiger partial charge in [0.1, 0.15) is 30.8 Å². The van der Waals surface area contributed by atoms with Gasteiger partial charge in [0.25, 0.3) is 11.8 Å². The van der Waals surface area contributed by atoms with E-state index in [9.17, 15) is 19.5 Å². The predicted molar refractivity (Wildman–Crippen MR) is 122 cm³/mol. The van der Waals surface area contributed by atoms with Crippen LogP contribution in [0.1, 0.15) is 25.5 Å². The number of carboxylic acid groups (broad SMARTS) is 1. The van der Waals surface area contributed by atoms with Crippen LogP contribution in [0.2, 0.25) is 0 Å². The number of carboxylic acids is 1. The van der Waals surface area contributed by atoms with Crippen molar-refractivity contribution in [2.24, 2.45) is 5.16 Å². The first-order chi connectivity index (χ1) is 15.8. The standard InChI is InChI=1S/C20H26N6O5S2/c1-3-26(6-4-5-7-26)8-11-9-32-18-14(17(28)25(18)15(11)19(29)30)23-16(27)13(24-31-2)12-10-33-20(21)22-12/h10,14,18H,3-9H2,1-2H3,(H3-,21,22,23,27,29,30)/b24-13-/t14?,18-/m1/s1. The third kappa shape index (κ3) is 4.32. The zero-order valence-corrected chi connectivity index (χ0v) is 20.0. The predicted octanol–water partition coefficient (Wildman–Crippen LogP) is -0.890. The third-order valence-electron chi connectivity index (χ3n) is 6.40. The Hall–Kier alpha value is -2.64. The molecule has 0 radical (unpaired) electrons. The molecule has 0 aliphatic carbocycles. The first-order valence-corrected chi connectivity index (χ1v) is 12.6. The second-order valence-corrected chi connectivity index (χ2v) is 10.3. The van der Waals surface area contributed by atoms with E-state index in [1.807, 2.05) is 0 Å². The molecule has 1 aromatic rings. The summed E-state index contributed by atoms with van der Waals surface area (Å²) in [5.41, 5.74) is 6.43. The van der Waals surface area contributed by atoms with Gasteiger partial charge in [-0.15, -0.1) is 23.1 Å². The molecule has 33 heavy (non-hydrogen) atoms. The molecule has 0 bridgehead atoms. The lowest BCUT2D eigenvalue weighted by atomic mass is 10.0. The second-order valence-electron chi connectivity index (χ2n) is 8.26. The quantitative estimate of drug-likeness (QED) is 0.205. The lowest BCUT2D eigenvalue weighted by Gasteiger charge is -2.51. The van der Waals surface area contributed by atoms with Gasteiger partial charge in [-0.2, -0.15) is 0 Å². The van der Waals surface area contributed by atoms with E-state index in [0.717, 1.165) is 53.9 Å². The van der Waals surface area contributed by atoms with Crippen molar-refractivity contribution in [2.75, 3.05) is 44.8 Å². The number of aromatic nitrogens is 1. The molecule has 3 aliphatic rings. The van der Waals surface area contributed by atoms with E-state index in [2.05, 4.69) is 22.4 Å². The van der Waals surface area contributed by atoms with Crippen molar-refractivity contribution in [1.82, 2.24) is 15.2 Å². The van der Waals surface area contributed by atoms with Gasteiger partial charge < -0.3 is 30.3 Å². The molecule has 2 atom stereocenters. The third-order valence-corrected chi connectivity index (χ3v) is 8.41. The molecule has 3 N–H and O–H groups in total. The number of fused-ring (bicyclic) bond motifs is 1. The van der Waals surface area contributed by atoms with Gasteiger partial charge in [-0.1, -0.05) is 5.16 Å². The number of likely N-dealkylation sites (tertiary alicyclic amines) is 1. The highest BCUT2D eigenvalue weighted by atomic mass is 32.2. The fraction of sp³-hybridized carbons (Fsp3) is 0.550. The Morgan fingerprint density at radius 2 is 2.15 bits per heavy atom. The Labute approximate surface area is 199 Å². The maximum atomic E-state index is 13.0. The van der Waals surface area contributed by atoms with Crippen molar-refractivity contribution in [3.8, 4) is 0 Å². The fourth-order valence-corrected chi connectivity index (χ4v) is 6.58. The van der Waals surface area contributed by atoms with Gasteiger partial charge in [0.15, 0.2) is 10.8 Å². The molecule has 2 fully saturated rings. The van der Waals surface area contributed by atoms with Crippen LogP contribution in [-0.4, -0.2) is 88.3 Å². The summed E-state index contributed by atoms with van der Waals surface area (Å²) < 4.78 is 0.827. The average molecular weight is 495 g/mol. The topological polar surface area (TPSA) is 150 Å². The molecule has 3 aliphatic heterocycles. The maximum Gasteiger partial charge on any atom is 0.276 e. The van der Waals surface area contributed by atoms with Crippen LogP contribution < -0.4 is 16.2 Å². The summed E-state index contributed by atoms with van der Waals surface area (Å²) in [6, 6.07) is -0.891. The normalized spacial score (nSPS) is 24.4. The summed E-state index contributed by atoms with van der Waals surface area (Å²) in [4.78, 5) is 47.9. The molecule has 1 aromatic heterocycles. The minimum absolute atomic E-state index is 0.0508. The van der Waals surface area contributed by atoms with Gasteiger partial charge in [0, 0.05) is 29.5 Å². The zero-order valence-electron chi connectivity index (χ0n) is 18.4. The molecule has 0 spiro atoms. The summed E-state index contributed by atoms with van der Waals surface area (Å²) in [6.45, 7) is 5.62. The number of thiazole rings is 1. The first-order valence-electron chi connectivity index (χ1n) is 10.7. The molecule has 0 saturated carbocycles. The number of β-lactam (4-membered cyclic amide) rings is 1. The van der Waals surface area contributed by atoms with Gasteiger partial charge in [-0.3, -0.25) is 14.5 Å². The number of hydrogen-bond acceptors (Lipinski definition) is 10. The number of nitrogens with zero attached hydrogens (tertiary/aromatic N) is 4. The summed E-state index contributed by atoms with van der Waals surface area (Å²) in [7, 11) is 1.29. The molecule has 1 unspecified atom stereocenters. The fourth-order valence-electron chi connectivity index (χ4n) is 4.69. The number of likely N-dealkylation sites (N-methyl/N-ethyl adjacent to an activating group) is 1. The van der Waals surface area contributed by atoms with E-state index >= 15 is 0 Å². The van der Waals surface area contributed by atoms with E-state index in [4.69, 9.17) is 10.6 Å². The zero-order chi connectivity index (χ0) is 23.8. The smallest absolute Gasteiger partial charge is 0.276 e. The molecule has 13 heteroatoms. The van der Waals surface area contributed by atoms with Crippen LogP contribution in [0.3, 0.4) is 0 Å². The molecule has 2 amide bonds. The van der Waals surface area contributed by atoms with Crippen molar-refractivity contribution in [2.45, 2.75) is 31.2 Å². The second kappa shape index (κ2) is 9.31. The molecule has 0 aromatic carbocycles. The molecule has 11 nitrogen and oxygen atoms in total. The summed E-state index contributed by atoms with van der Waals surface area (Å²) in [5, 5.41) is 19.7. The first kappa shape index (κ1) is 23.5. The Balaban J connectivity index is 1.53. The number of rotatable bonds is 8. The number of anilines is 1. The Morgan fingerprint density at radius 3 is 2.73 bits per heavy atom. The van der Waals surface area contributed by atoms with Crippen molar-refractivity contribution in [3.63, 3.8) is 0 Å². The van der Waals surface area contributed by atoms with Crippen LogP contribution in [0, 0.1) is 0 Å². The van der Waals surface area contributed by atoms with Gasteiger partial charge >= 0.3 is 0 Å². The summed E-state index contributed by atoms with van der Waals surface area (Å²) >= 11 is 2.58. The van der Waals surface area contributed by atoms with Crippen LogP contribution in [0.15, 0.2) is 21.8 Å². The van der Waals surface area contributed by atoms with E-state index in [-0.39, 0.29) is 22.2 Å². The number of amides is 2. The van der Waals surface area contributed by atoms with Crippen molar-refractivity contribution in [3.05, 3.63) is 22.3 Å². The molecular weight excluding hydrogens is 468 g/mol. The van der Waals surface area contributed by atoms with Crippen LogP contribution in [-0.2, 0) is 19.2 Å². The Morgan fingerprint density at radius 1 is 1.42 bits per heavy atom. The molecular formula is C20H26N6O5S2. The number of nitrogens with one attached hydrogen (secondary N) is 1. The van der Waals surface area contributed by atoms with E-state index in [0.29, 0.717) is 12.3 Å². The average Bonchev–Trinajstić information content (AvgIpc) is 3.44. The number of carbonyl (C=O) groups excluding carboxylic acids is 3. The van der Waals surface area contributed by atoms with Crippen LogP contribution in [0.4, 0.5) is 5.13 Å². The molecule has 178 valence electrons. The highest BCUT2D eigenvalue weighted by Crippen LogP contribution is 2.41.